The normalized spacial score (nSPS) is 11.0. The molecule has 1 aromatic heterocycles. The first-order valence-corrected chi connectivity index (χ1v) is 4.75. The van der Waals surface area contributed by atoms with Gasteiger partial charge in [0.15, 0.2) is 0 Å². The molecule has 1 heterocycles. The van der Waals surface area contributed by atoms with E-state index in [0.717, 1.165) is 6.54 Å². The summed E-state index contributed by atoms with van der Waals surface area (Å²) in [6.07, 6.45) is 0.640. The highest BCUT2D eigenvalue weighted by molar-refractivity contribution is 5.40. The Hall–Kier alpha value is -1.43. The van der Waals surface area contributed by atoms with Gasteiger partial charge in [-0.25, -0.2) is 0 Å². The van der Waals surface area contributed by atoms with Gasteiger partial charge in [-0.2, -0.15) is 5.10 Å². The van der Waals surface area contributed by atoms with Crippen LogP contribution in [0.15, 0.2) is 0 Å². The van der Waals surface area contributed by atoms with Crippen LogP contribution in [0, 0.1) is 17.0 Å². The Labute approximate surface area is 88.6 Å². The van der Waals surface area contributed by atoms with Crippen molar-refractivity contribution in [3.63, 3.8) is 0 Å². The van der Waals surface area contributed by atoms with Crippen molar-refractivity contribution in [1.29, 1.82) is 0 Å². The maximum absolute atomic E-state index is 10.8. The Morgan fingerprint density at radius 2 is 2.13 bits per heavy atom. The SMILES string of the molecule is Cc1nn(C)c(CCN(C)C)c1[N+](=O)[O-]. The Kier molecular flexibility index (Phi) is 3.41. The average molecular weight is 212 g/mol. The zero-order valence-corrected chi connectivity index (χ0v) is 9.52. The molecule has 0 saturated carbocycles. The number of hydrogen-bond acceptors (Lipinski definition) is 4. The van der Waals surface area contributed by atoms with E-state index in [1.54, 1.807) is 18.7 Å². The van der Waals surface area contributed by atoms with Gasteiger partial charge in [0.1, 0.15) is 11.4 Å². The fourth-order valence-electron chi connectivity index (χ4n) is 1.54. The van der Waals surface area contributed by atoms with Crippen LogP contribution in [0.25, 0.3) is 0 Å². The van der Waals surface area contributed by atoms with Gasteiger partial charge >= 0.3 is 5.69 Å². The predicted molar refractivity (Wildman–Crippen MR) is 56.9 cm³/mol. The van der Waals surface area contributed by atoms with E-state index >= 15 is 0 Å². The number of aromatic nitrogens is 2. The first-order valence-electron chi connectivity index (χ1n) is 4.75. The summed E-state index contributed by atoms with van der Waals surface area (Å²) in [5, 5.41) is 14.9. The second-order valence-corrected chi connectivity index (χ2v) is 3.81. The maximum atomic E-state index is 10.8. The van der Waals surface area contributed by atoms with Gasteiger partial charge in [0.2, 0.25) is 0 Å². The topological polar surface area (TPSA) is 64.2 Å². The molecule has 0 unspecified atom stereocenters. The number of aryl methyl sites for hydroxylation is 2. The van der Waals surface area contributed by atoms with E-state index in [1.165, 1.54) is 0 Å². The van der Waals surface area contributed by atoms with E-state index in [-0.39, 0.29) is 10.6 Å². The third-order valence-electron chi connectivity index (χ3n) is 2.29. The molecule has 84 valence electrons. The van der Waals surface area contributed by atoms with Crippen LogP contribution in [0.4, 0.5) is 5.69 Å². The molecule has 0 spiro atoms. The van der Waals surface area contributed by atoms with Gasteiger partial charge in [-0.3, -0.25) is 14.8 Å². The molecule has 0 amide bonds. The van der Waals surface area contributed by atoms with Crippen molar-refractivity contribution < 1.29 is 4.92 Å². The number of nitrogens with zero attached hydrogens (tertiary/aromatic N) is 4. The fourth-order valence-corrected chi connectivity index (χ4v) is 1.54. The van der Waals surface area contributed by atoms with Crippen molar-refractivity contribution in [1.82, 2.24) is 14.7 Å². The lowest BCUT2D eigenvalue weighted by molar-refractivity contribution is -0.386. The van der Waals surface area contributed by atoms with E-state index in [2.05, 4.69) is 5.10 Å². The smallest absolute Gasteiger partial charge is 0.309 e. The molecule has 1 rings (SSSR count). The summed E-state index contributed by atoms with van der Waals surface area (Å²) in [7, 11) is 5.62. The molecule has 0 aliphatic carbocycles. The molecule has 0 saturated heterocycles. The Bertz CT molecular complexity index is 370. The van der Waals surface area contributed by atoms with Crippen molar-refractivity contribution in [2.24, 2.45) is 7.05 Å². The van der Waals surface area contributed by atoms with Crippen LogP contribution in [0.1, 0.15) is 11.4 Å². The van der Waals surface area contributed by atoms with E-state index in [0.29, 0.717) is 17.8 Å². The Morgan fingerprint density at radius 3 is 2.60 bits per heavy atom. The molecule has 0 fully saturated rings. The first kappa shape index (κ1) is 11.6. The monoisotopic (exact) mass is 212 g/mol. The fraction of sp³-hybridized carbons (Fsp3) is 0.667. The van der Waals surface area contributed by atoms with Gasteiger partial charge in [-0.15, -0.1) is 0 Å². The number of hydrogen-bond donors (Lipinski definition) is 0. The van der Waals surface area contributed by atoms with Gasteiger partial charge < -0.3 is 4.90 Å². The molecule has 0 radical (unpaired) electrons. The average Bonchev–Trinajstić information content (AvgIpc) is 2.37. The second-order valence-electron chi connectivity index (χ2n) is 3.81. The third-order valence-corrected chi connectivity index (χ3v) is 2.29. The largest absolute Gasteiger partial charge is 0.313 e. The molecule has 6 heteroatoms. The lowest BCUT2D eigenvalue weighted by Gasteiger charge is -2.08. The van der Waals surface area contributed by atoms with Crippen LogP contribution in [0.5, 0.6) is 0 Å². The summed E-state index contributed by atoms with van der Waals surface area (Å²) in [5.41, 5.74) is 1.32. The van der Waals surface area contributed by atoms with Gasteiger partial charge in [0.25, 0.3) is 0 Å². The summed E-state index contributed by atoms with van der Waals surface area (Å²) in [6, 6.07) is 0. The van der Waals surface area contributed by atoms with Crippen LogP contribution in [0.2, 0.25) is 0 Å². The Balaban J connectivity index is 2.99. The minimum Gasteiger partial charge on any atom is -0.309 e. The van der Waals surface area contributed by atoms with Crippen LogP contribution < -0.4 is 0 Å². The van der Waals surface area contributed by atoms with Crippen LogP contribution >= 0.6 is 0 Å². The highest BCUT2D eigenvalue weighted by atomic mass is 16.6. The molecule has 0 aliphatic heterocycles. The van der Waals surface area contributed by atoms with Crippen LogP contribution in [-0.4, -0.2) is 40.2 Å². The molecule has 0 atom stereocenters. The van der Waals surface area contributed by atoms with Crippen molar-refractivity contribution in [3.8, 4) is 0 Å². The van der Waals surface area contributed by atoms with E-state index in [9.17, 15) is 10.1 Å². The minimum absolute atomic E-state index is 0.152. The zero-order chi connectivity index (χ0) is 11.6. The quantitative estimate of drug-likeness (QED) is 0.545. The van der Waals surface area contributed by atoms with Gasteiger partial charge in [0, 0.05) is 20.0 Å². The summed E-state index contributed by atoms with van der Waals surface area (Å²) < 4.78 is 1.59. The molecule has 0 aromatic carbocycles. The van der Waals surface area contributed by atoms with Gasteiger partial charge in [-0.1, -0.05) is 0 Å². The predicted octanol–water partition coefficient (Wildman–Crippen LogP) is 0.741. The highest BCUT2D eigenvalue weighted by Gasteiger charge is 2.23. The maximum Gasteiger partial charge on any atom is 0.313 e. The second kappa shape index (κ2) is 4.39. The summed E-state index contributed by atoms with van der Waals surface area (Å²) in [5.74, 6) is 0. The lowest BCUT2D eigenvalue weighted by atomic mass is 10.2. The number of nitro groups is 1. The molecular weight excluding hydrogens is 196 g/mol. The molecule has 15 heavy (non-hydrogen) atoms. The van der Waals surface area contributed by atoms with Gasteiger partial charge in [0.05, 0.1) is 4.92 Å². The lowest BCUT2D eigenvalue weighted by Crippen LogP contribution is -2.17. The van der Waals surface area contributed by atoms with Crippen LogP contribution in [-0.2, 0) is 13.5 Å². The summed E-state index contributed by atoms with van der Waals surface area (Å²) in [4.78, 5) is 12.5. The van der Waals surface area contributed by atoms with E-state index in [4.69, 9.17) is 0 Å². The number of rotatable bonds is 4. The van der Waals surface area contributed by atoms with Crippen LogP contribution in [0.3, 0.4) is 0 Å². The van der Waals surface area contributed by atoms with E-state index in [1.807, 2.05) is 19.0 Å². The zero-order valence-electron chi connectivity index (χ0n) is 9.52. The van der Waals surface area contributed by atoms with Crippen molar-refractivity contribution in [2.75, 3.05) is 20.6 Å². The molecular formula is C9H16N4O2. The summed E-state index contributed by atoms with van der Waals surface area (Å²) in [6.45, 7) is 2.44. The molecule has 0 aliphatic rings. The molecule has 6 nitrogen and oxygen atoms in total. The minimum atomic E-state index is -0.354. The summed E-state index contributed by atoms with van der Waals surface area (Å²) >= 11 is 0. The van der Waals surface area contributed by atoms with E-state index < -0.39 is 0 Å². The molecule has 0 bridgehead atoms. The number of likely N-dealkylation sites (N-methyl/N-ethyl adjacent to an activating group) is 1. The molecule has 0 N–H and O–H groups in total. The first-order chi connectivity index (χ1) is 6.93. The van der Waals surface area contributed by atoms with Crippen molar-refractivity contribution in [3.05, 3.63) is 21.5 Å². The third kappa shape index (κ3) is 2.53. The molecule has 1 aromatic rings. The van der Waals surface area contributed by atoms with Gasteiger partial charge in [-0.05, 0) is 21.0 Å². The Morgan fingerprint density at radius 1 is 1.53 bits per heavy atom. The highest BCUT2D eigenvalue weighted by Crippen LogP contribution is 2.22. The standard InChI is InChI=1S/C9H16N4O2/c1-7-9(13(14)15)8(12(4)10-7)5-6-11(2)3/h5-6H2,1-4H3. The van der Waals surface area contributed by atoms with Crippen molar-refractivity contribution >= 4 is 5.69 Å². The van der Waals surface area contributed by atoms with Crippen molar-refractivity contribution in [2.45, 2.75) is 13.3 Å².